The molecule has 0 radical (unpaired) electrons. The molecule has 0 saturated carbocycles. The molecule has 0 unspecified atom stereocenters. The Kier molecular flexibility index (Phi) is 4.89. The van der Waals surface area contributed by atoms with Crippen molar-refractivity contribution in [3.8, 4) is 0 Å². The molecule has 106 valence electrons. The van der Waals surface area contributed by atoms with E-state index < -0.39 is 17.2 Å². The molecule has 1 heterocycles. The molecule has 1 fully saturated rings. The van der Waals surface area contributed by atoms with Crippen LogP contribution in [0, 0.1) is 11.6 Å². The molecular weight excluding hydrogens is 320 g/mol. The number of aliphatic hydroxyl groups excluding tert-OH is 1. The molecule has 2 rings (SSSR count). The van der Waals surface area contributed by atoms with E-state index in [2.05, 4.69) is 21.2 Å². The zero-order chi connectivity index (χ0) is 13.9. The van der Waals surface area contributed by atoms with E-state index in [1.165, 1.54) is 12.1 Å². The summed E-state index contributed by atoms with van der Waals surface area (Å²) in [7, 11) is 0. The van der Waals surface area contributed by atoms with Gasteiger partial charge < -0.3 is 15.2 Å². The van der Waals surface area contributed by atoms with Crippen LogP contribution in [-0.2, 0) is 11.3 Å². The van der Waals surface area contributed by atoms with Crippen LogP contribution in [0.3, 0.4) is 0 Å². The van der Waals surface area contributed by atoms with Gasteiger partial charge in [-0.05, 0) is 40.9 Å². The molecule has 0 atom stereocenters. The van der Waals surface area contributed by atoms with Crippen molar-refractivity contribution in [2.24, 2.45) is 0 Å². The first-order valence-corrected chi connectivity index (χ1v) is 6.93. The van der Waals surface area contributed by atoms with Crippen LogP contribution >= 0.6 is 15.9 Å². The summed E-state index contributed by atoms with van der Waals surface area (Å²) in [6.45, 7) is 1.04. The third kappa shape index (κ3) is 3.31. The van der Waals surface area contributed by atoms with Gasteiger partial charge >= 0.3 is 0 Å². The summed E-state index contributed by atoms with van der Waals surface area (Å²) in [6.07, 6.45) is 1.25. The minimum absolute atomic E-state index is 0.0197. The first kappa shape index (κ1) is 14.8. The number of halogens is 3. The smallest absolute Gasteiger partial charge is 0.144 e. The molecule has 19 heavy (non-hydrogen) atoms. The van der Waals surface area contributed by atoms with Crippen molar-refractivity contribution in [2.75, 3.05) is 19.8 Å². The van der Waals surface area contributed by atoms with E-state index in [4.69, 9.17) is 4.74 Å². The maximum Gasteiger partial charge on any atom is 0.144 e. The fraction of sp³-hybridized carbons (Fsp3) is 0.538. The van der Waals surface area contributed by atoms with Gasteiger partial charge in [0.25, 0.3) is 0 Å². The Morgan fingerprint density at radius 1 is 1.32 bits per heavy atom. The number of ether oxygens (including phenoxy) is 1. The second-order valence-corrected chi connectivity index (χ2v) is 5.58. The molecule has 0 aliphatic carbocycles. The lowest BCUT2D eigenvalue weighted by Gasteiger charge is -2.36. The molecule has 0 bridgehead atoms. The van der Waals surface area contributed by atoms with Crippen LogP contribution in [0.25, 0.3) is 0 Å². The molecule has 1 aromatic carbocycles. The van der Waals surface area contributed by atoms with Crippen LogP contribution in [0.15, 0.2) is 16.6 Å². The summed E-state index contributed by atoms with van der Waals surface area (Å²) in [5, 5.41) is 12.6. The average Bonchev–Trinajstić information content (AvgIpc) is 2.44. The van der Waals surface area contributed by atoms with Gasteiger partial charge in [-0.15, -0.1) is 0 Å². The van der Waals surface area contributed by atoms with Gasteiger partial charge in [-0.1, -0.05) is 0 Å². The molecule has 1 aliphatic rings. The quantitative estimate of drug-likeness (QED) is 0.830. The van der Waals surface area contributed by atoms with Gasteiger partial charge in [0.05, 0.1) is 11.1 Å². The van der Waals surface area contributed by atoms with Gasteiger partial charge in [-0.25, -0.2) is 8.78 Å². The van der Waals surface area contributed by atoms with Crippen molar-refractivity contribution in [3.63, 3.8) is 0 Å². The first-order valence-electron chi connectivity index (χ1n) is 6.14. The lowest BCUT2D eigenvalue weighted by molar-refractivity contribution is 0.0109. The Labute approximate surface area is 119 Å². The Bertz CT molecular complexity index is 451. The minimum atomic E-state index is -0.604. The van der Waals surface area contributed by atoms with Gasteiger partial charge in [0, 0.05) is 30.9 Å². The Morgan fingerprint density at radius 2 is 2.00 bits per heavy atom. The maximum absolute atomic E-state index is 13.8. The molecule has 0 spiro atoms. The van der Waals surface area contributed by atoms with E-state index in [9.17, 15) is 13.9 Å². The summed E-state index contributed by atoms with van der Waals surface area (Å²) in [6, 6.07) is 2.56. The monoisotopic (exact) mass is 335 g/mol. The van der Waals surface area contributed by atoms with Crippen LogP contribution in [0.5, 0.6) is 0 Å². The van der Waals surface area contributed by atoms with Crippen LogP contribution in [0.2, 0.25) is 0 Å². The number of rotatable bonds is 4. The zero-order valence-electron chi connectivity index (χ0n) is 10.4. The predicted octanol–water partition coefficient (Wildman–Crippen LogP) is 2.36. The highest BCUT2D eigenvalue weighted by molar-refractivity contribution is 9.10. The van der Waals surface area contributed by atoms with Gasteiger partial charge in [-0.2, -0.15) is 0 Å². The van der Waals surface area contributed by atoms with E-state index in [0.717, 1.165) is 0 Å². The molecule has 1 saturated heterocycles. The highest BCUT2D eigenvalue weighted by Gasteiger charge is 2.31. The van der Waals surface area contributed by atoms with Crippen molar-refractivity contribution >= 4 is 15.9 Å². The fourth-order valence-corrected chi connectivity index (χ4v) is 2.53. The van der Waals surface area contributed by atoms with E-state index in [-0.39, 0.29) is 23.2 Å². The van der Waals surface area contributed by atoms with E-state index >= 15 is 0 Å². The lowest BCUT2D eigenvalue weighted by Crippen LogP contribution is -2.52. The van der Waals surface area contributed by atoms with Gasteiger partial charge in [0.15, 0.2) is 0 Å². The second-order valence-electron chi connectivity index (χ2n) is 4.73. The van der Waals surface area contributed by atoms with E-state index in [0.29, 0.717) is 26.1 Å². The van der Waals surface area contributed by atoms with Crippen molar-refractivity contribution in [3.05, 3.63) is 33.8 Å². The largest absolute Gasteiger partial charge is 0.394 e. The van der Waals surface area contributed by atoms with Gasteiger partial charge in [-0.3, -0.25) is 0 Å². The number of aliphatic hydroxyl groups is 1. The summed E-state index contributed by atoms with van der Waals surface area (Å²) >= 11 is 3.04. The van der Waals surface area contributed by atoms with Crippen molar-refractivity contribution in [2.45, 2.75) is 24.9 Å². The Hall–Kier alpha value is -0.560. The number of benzene rings is 1. The molecule has 3 nitrogen and oxygen atoms in total. The maximum atomic E-state index is 13.8. The summed E-state index contributed by atoms with van der Waals surface area (Å²) in [5.74, 6) is -1.19. The van der Waals surface area contributed by atoms with Crippen molar-refractivity contribution in [1.82, 2.24) is 5.32 Å². The third-order valence-corrected chi connectivity index (χ3v) is 4.14. The van der Waals surface area contributed by atoms with Crippen LogP contribution in [-0.4, -0.2) is 30.5 Å². The highest BCUT2D eigenvalue weighted by Crippen LogP contribution is 2.24. The Balaban J connectivity index is 2.11. The van der Waals surface area contributed by atoms with E-state index in [1.807, 2.05) is 0 Å². The molecule has 2 N–H and O–H groups in total. The fourth-order valence-electron chi connectivity index (χ4n) is 2.16. The molecule has 6 heteroatoms. The number of nitrogens with one attached hydrogen (secondary N) is 1. The lowest BCUT2D eigenvalue weighted by atomic mass is 9.90. The first-order chi connectivity index (χ1) is 9.08. The third-order valence-electron chi connectivity index (χ3n) is 3.53. The summed E-state index contributed by atoms with van der Waals surface area (Å²) < 4.78 is 32.9. The van der Waals surface area contributed by atoms with Crippen molar-refractivity contribution in [1.29, 1.82) is 0 Å². The molecular formula is C13H16BrF2NO2. The molecule has 0 aromatic heterocycles. The van der Waals surface area contributed by atoms with E-state index in [1.54, 1.807) is 0 Å². The number of hydrogen-bond acceptors (Lipinski definition) is 3. The Morgan fingerprint density at radius 3 is 2.63 bits per heavy atom. The normalized spacial score (nSPS) is 18.5. The topological polar surface area (TPSA) is 41.5 Å². The van der Waals surface area contributed by atoms with Gasteiger partial charge in [0.1, 0.15) is 11.6 Å². The standard InChI is InChI=1S/C13H16BrF2NO2/c14-10-1-2-11(15)9(12(10)16)7-17-13(8-18)3-5-19-6-4-13/h1-2,17-18H,3-8H2. The average molecular weight is 336 g/mol. The van der Waals surface area contributed by atoms with Crippen molar-refractivity contribution < 1.29 is 18.6 Å². The SMILES string of the molecule is OCC1(NCc2c(F)ccc(Br)c2F)CCOCC1. The van der Waals surface area contributed by atoms with Crippen LogP contribution < -0.4 is 5.32 Å². The molecule has 1 aliphatic heterocycles. The van der Waals surface area contributed by atoms with Crippen LogP contribution in [0.1, 0.15) is 18.4 Å². The summed E-state index contributed by atoms with van der Waals surface area (Å²) in [4.78, 5) is 0. The zero-order valence-corrected chi connectivity index (χ0v) is 12.0. The molecule has 1 aromatic rings. The number of hydrogen-bond donors (Lipinski definition) is 2. The minimum Gasteiger partial charge on any atom is -0.394 e. The predicted molar refractivity (Wildman–Crippen MR) is 70.8 cm³/mol. The summed E-state index contributed by atoms with van der Waals surface area (Å²) in [5.41, 5.74) is -0.534. The second kappa shape index (κ2) is 6.26. The molecule has 0 amide bonds. The van der Waals surface area contributed by atoms with Crippen LogP contribution in [0.4, 0.5) is 8.78 Å². The van der Waals surface area contributed by atoms with Gasteiger partial charge in [0.2, 0.25) is 0 Å². The highest BCUT2D eigenvalue weighted by atomic mass is 79.9.